The maximum Gasteiger partial charge on any atom is 0.272 e. The summed E-state index contributed by atoms with van der Waals surface area (Å²) in [5.74, 6) is 1.37. The molecule has 0 bridgehead atoms. The predicted molar refractivity (Wildman–Crippen MR) is 193 cm³/mol. The SMILES string of the molecule is O=c1[nH]c(-c2ccnc(F)c2)nc(N2CCC(C3CCOCC3)C2)c1Cl.O=c1[nH]c(-c2ccnc(F)c2)nc(N2CCOC3(CCNCC3)C2)c1Cl. The van der Waals surface area contributed by atoms with Crippen LogP contribution in [0, 0.1) is 23.7 Å². The number of anilines is 2. The van der Waals surface area contributed by atoms with Crippen molar-refractivity contribution in [1.29, 1.82) is 0 Å². The second-order valence-electron chi connectivity index (χ2n) is 13.5. The number of morpholine rings is 1. The van der Waals surface area contributed by atoms with Gasteiger partial charge >= 0.3 is 0 Å². The van der Waals surface area contributed by atoms with Crippen molar-refractivity contribution in [2.24, 2.45) is 11.8 Å². The van der Waals surface area contributed by atoms with Gasteiger partial charge in [0.15, 0.2) is 11.6 Å². The van der Waals surface area contributed by atoms with Crippen LogP contribution in [0.1, 0.15) is 32.1 Å². The molecule has 17 heteroatoms. The van der Waals surface area contributed by atoms with Crippen LogP contribution in [0.3, 0.4) is 0 Å². The summed E-state index contributed by atoms with van der Waals surface area (Å²) in [5, 5.41) is 3.45. The Morgan fingerprint density at radius 3 is 1.92 bits per heavy atom. The smallest absolute Gasteiger partial charge is 0.272 e. The van der Waals surface area contributed by atoms with Crippen LogP contribution in [0.2, 0.25) is 10.0 Å². The molecule has 276 valence electrons. The van der Waals surface area contributed by atoms with Crippen LogP contribution >= 0.6 is 23.2 Å². The highest BCUT2D eigenvalue weighted by Crippen LogP contribution is 2.35. The van der Waals surface area contributed by atoms with Crippen LogP contribution in [0.15, 0.2) is 46.2 Å². The first kappa shape index (κ1) is 36.3. The van der Waals surface area contributed by atoms with Gasteiger partial charge in [-0.2, -0.15) is 8.78 Å². The largest absolute Gasteiger partial charge is 0.381 e. The molecule has 0 amide bonds. The average molecular weight is 759 g/mol. The fourth-order valence-electron chi connectivity index (χ4n) is 7.45. The van der Waals surface area contributed by atoms with Crippen molar-refractivity contribution >= 4 is 34.8 Å². The number of hydrogen-bond acceptors (Lipinski definition) is 11. The second-order valence-corrected chi connectivity index (χ2v) is 14.2. The number of ether oxygens (including phenoxy) is 2. The average Bonchev–Trinajstić information content (AvgIpc) is 3.65. The Balaban J connectivity index is 0.000000162. The number of halogens is 4. The van der Waals surface area contributed by atoms with E-state index in [9.17, 15) is 18.4 Å². The highest BCUT2D eigenvalue weighted by atomic mass is 35.5. The third-order valence-electron chi connectivity index (χ3n) is 10.2. The standard InChI is InChI=1S/C18H20ClFN4O2.C17H19ClFN5O2/c19-15-17(24-6-2-13(10-24)11-3-7-26-8-4-11)22-16(23-18(15)25)12-1-5-21-14(20)9-12;18-13-15(24-7-8-26-17(10-24)2-5-20-6-3-17)22-14(23-16(13)25)11-1-4-21-12(19)9-11/h1,5,9,11,13H,2-4,6-8,10H2,(H,22,23,25);1,4,9,20H,2-3,5-8,10H2,(H,22,23,25). The molecule has 4 aromatic rings. The third kappa shape index (κ3) is 8.13. The minimum Gasteiger partial charge on any atom is -0.381 e. The summed E-state index contributed by atoms with van der Waals surface area (Å²) < 4.78 is 38.4. The molecular formula is C35H39Cl2F2N9O4. The molecule has 4 aliphatic heterocycles. The molecule has 8 heterocycles. The summed E-state index contributed by atoms with van der Waals surface area (Å²) in [6, 6.07) is 5.66. The monoisotopic (exact) mass is 757 g/mol. The van der Waals surface area contributed by atoms with E-state index in [-0.39, 0.29) is 21.5 Å². The molecule has 0 saturated carbocycles. The van der Waals surface area contributed by atoms with E-state index in [2.05, 4.69) is 40.1 Å². The molecule has 4 saturated heterocycles. The molecule has 0 radical (unpaired) electrons. The molecule has 4 fully saturated rings. The van der Waals surface area contributed by atoms with Gasteiger partial charge in [-0.05, 0) is 69.2 Å². The van der Waals surface area contributed by atoms with Crippen LogP contribution in [-0.4, -0.2) is 94.6 Å². The number of aromatic amines is 2. The Morgan fingerprint density at radius 2 is 1.35 bits per heavy atom. The molecule has 0 aromatic carbocycles. The van der Waals surface area contributed by atoms with Gasteiger partial charge < -0.3 is 34.6 Å². The van der Waals surface area contributed by atoms with E-state index >= 15 is 0 Å². The van der Waals surface area contributed by atoms with E-state index in [0.29, 0.717) is 60.1 Å². The van der Waals surface area contributed by atoms with Crippen molar-refractivity contribution < 1.29 is 18.3 Å². The van der Waals surface area contributed by atoms with Gasteiger partial charge in [0, 0.05) is 75.0 Å². The Morgan fingerprint density at radius 1 is 0.769 bits per heavy atom. The lowest BCUT2D eigenvalue weighted by Gasteiger charge is -2.45. The van der Waals surface area contributed by atoms with Gasteiger partial charge in [-0.1, -0.05) is 23.2 Å². The van der Waals surface area contributed by atoms with Gasteiger partial charge in [0.25, 0.3) is 11.1 Å². The van der Waals surface area contributed by atoms with Gasteiger partial charge in [-0.3, -0.25) is 9.59 Å². The van der Waals surface area contributed by atoms with Crippen molar-refractivity contribution in [2.75, 3.05) is 68.9 Å². The lowest BCUT2D eigenvalue weighted by Crippen LogP contribution is -2.56. The van der Waals surface area contributed by atoms with E-state index in [1.54, 1.807) is 12.1 Å². The highest BCUT2D eigenvalue weighted by Gasteiger charge is 2.39. The zero-order valence-electron chi connectivity index (χ0n) is 28.3. The first-order chi connectivity index (χ1) is 25.2. The topological polar surface area (TPSA) is 154 Å². The Kier molecular flexibility index (Phi) is 11.1. The van der Waals surface area contributed by atoms with E-state index in [1.165, 1.54) is 24.5 Å². The Labute approximate surface area is 308 Å². The van der Waals surface area contributed by atoms with Gasteiger partial charge in [0.1, 0.15) is 21.7 Å². The number of hydrogen-bond donors (Lipinski definition) is 3. The van der Waals surface area contributed by atoms with E-state index in [1.807, 2.05) is 4.90 Å². The molecular weight excluding hydrogens is 719 g/mol. The summed E-state index contributed by atoms with van der Waals surface area (Å²) in [4.78, 5) is 50.0. The fourth-order valence-corrected chi connectivity index (χ4v) is 7.87. The Bertz CT molecular complexity index is 2000. The highest BCUT2D eigenvalue weighted by molar-refractivity contribution is 6.33. The van der Waals surface area contributed by atoms with Crippen LogP contribution in [0.5, 0.6) is 0 Å². The van der Waals surface area contributed by atoms with E-state index < -0.39 is 23.0 Å². The summed E-state index contributed by atoms with van der Waals surface area (Å²) in [5.41, 5.74) is -0.210. The van der Waals surface area contributed by atoms with Gasteiger partial charge in [-0.25, -0.2) is 19.9 Å². The molecule has 8 rings (SSSR count). The Hall–Kier alpha value is -4.02. The third-order valence-corrected chi connectivity index (χ3v) is 10.9. The van der Waals surface area contributed by atoms with Gasteiger partial charge in [-0.15, -0.1) is 0 Å². The van der Waals surface area contributed by atoms with E-state index in [0.717, 1.165) is 71.5 Å². The van der Waals surface area contributed by atoms with Crippen LogP contribution in [0.25, 0.3) is 22.8 Å². The fraction of sp³-hybridized carbons (Fsp3) is 0.486. The second kappa shape index (κ2) is 15.9. The molecule has 13 nitrogen and oxygen atoms in total. The minimum absolute atomic E-state index is 0.0364. The lowest BCUT2D eigenvalue weighted by molar-refractivity contribution is -0.0740. The number of H-pyrrole nitrogens is 2. The van der Waals surface area contributed by atoms with Crippen molar-refractivity contribution in [2.45, 2.75) is 37.7 Å². The van der Waals surface area contributed by atoms with Crippen LogP contribution in [-0.2, 0) is 9.47 Å². The van der Waals surface area contributed by atoms with Crippen molar-refractivity contribution in [3.8, 4) is 22.8 Å². The molecule has 1 atom stereocenters. The zero-order valence-corrected chi connectivity index (χ0v) is 29.9. The van der Waals surface area contributed by atoms with Crippen molar-refractivity contribution in [3.63, 3.8) is 0 Å². The zero-order chi connectivity index (χ0) is 36.2. The molecule has 1 spiro atoms. The summed E-state index contributed by atoms with van der Waals surface area (Å²) in [6.07, 6.45) is 7.68. The molecule has 3 N–H and O–H groups in total. The summed E-state index contributed by atoms with van der Waals surface area (Å²) in [6.45, 7) is 6.82. The number of nitrogens with one attached hydrogen (secondary N) is 3. The van der Waals surface area contributed by atoms with Crippen LogP contribution < -0.4 is 26.2 Å². The molecule has 1 unspecified atom stereocenters. The number of rotatable bonds is 5. The van der Waals surface area contributed by atoms with Gasteiger partial charge in [0.2, 0.25) is 11.9 Å². The summed E-state index contributed by atoms with van der Waals surface area (Å²) >= 11 is 12.5. The molecule has 52 heavy (non-hydrogen) atoms. The lowest BCUT2D eigenvalue weighted by atomic mass is 9.85. The maximum atomic E-state index is 13.4. The van der Waals surface area contributed by atoms with Gasteiger partial charge in [0.05, 0.1) is 12.2 Å². The number of pyridine rings is 2. The number of piperidine rings is 1. The molecule has 0 aliphatic carbocycles. The number of nitrogens with zero attached hydrogens (tertiary/aromatic N) is 6. The van der Waals surface area contributed by atoms with Crippen molar-refractivity contribution in [1.82, 2.24) is 35.2 Å². The van der Waals surface area contributed by atoms with Crippen molar-refractivity contribution in [3.05, 3.63) is 79.3 Å². The first-order valence-corrected chi connectivity index (χ1v) is 18.2. The van der Waals surface area contributed by atoms with Crippen LogP contribution in [0.4, 0.5) is 20.4 Å². The summed E-state index contributed by atoms with van der Waals surface area (Å²) in [7, 11) is 0. The minimum atomic E-state index is -0.637. The normalized spacial score (nSPS) is 20.5. The maximum absolute atomic E-state index is 13.4. The predicted octanol–water partition coefficient (Wildman–Crippen LogP) is 4.46. The number of aromatic nitrogens is 6. The first-order valence-electron chi connectivity index (χ1n) is 17.4. The van der Waals surface area contributed by atoms with E-state index in [4.69, 9.17) is 32.7 Å². The molecule has 4 aliphatic rings. The quantitative estimate of drug-likeness (QED) is 0.247. The molecule has 4 aromatic heterocycles.